The van der Waals surface area contributed by atoms with Crippen LogP contribution in [0.3, 0.4) is 0 Å². The lowest BCUT2D eigenvalue weighted by Gasteiger charge is -2.08. The topological polar surface area (TPSA) is 35.1 Å². The first kappa shape index (κ1) is 15.0. The van der Waals surface area contributed by atoms with E-state index in [0.29, 0.717) is 28.9 Å². The van der Waals surface area contributed by atoms with Crippen molar-refractivity contribution in [1.82, 2.24) is 4.57 Å². The molecule has 1 aromatic carbocycles. The molecule has 1 aromatic heterocycles. The molecule has 0 atom stereocenters. The van der Waals surface area contributed by atoms with E-state index in [4.69, 9.17) is 39.2 Å². The maximum absolute atomic E-state index is 12.0. The Bertz CT molecular complexity index is 696. The normalized spacial score (nSPS) is 14.6. The van der Waals surface area contributed by atoms with Gasteiger partial charge >= 0.3 is 5.76 Å². The number of halogens is 3. The van der Waals surface area contributed by atoms with Crippen molar-refractivity contribution in [1.29, 1.82) is 0 Å². The van der Waals surface area contributed by atoms with E-state index in [2.05, 4.69) is 0 Å². The quantitative estimate of drug-likeness (QED) is 0.741. The van der Waals surface area contributed by atoms with Crippen molar-refractivity contribution in [2.45, 2.75) is 37.6 Å². The van der Waals surface area contributed by atoms with E-state index in [9.17, 15) is 4.79 Å². The van der Waals surface area contributed by atoms with Gasteiger partial charge in [0.2, 0.25) is 0 Å². The Hall–Kier alpha value is -0.900. The summed E-state index contributed by atoms with van der Waals surface area (Å²) in [6.45, 7) is 0.459. The maximum Gasteiger partial charge on any atom is 0.419 e. The summed E-state index contributed by atoms with van der Waals surface area (Å²) in [6.07, 6.45) is 2.69. The highest BCUT2D eigenvalue weighted by Crippen LogP contribution is 2.41. The van der Waals surface area contributed by atoms with Crippen LogP contribution < -0.4 is 5.76 Å². The lowest BCUT2D eigenvalue weighted by atomic mass is 10.1. The molecular weight excluding hydrogens is 333 g/mol. The molecule has 1 aliphatic rings. The van der Waals surface area contributed by atoms with Gasteiger partial charge in [-0.2, -0.15) is 0 Å². The van der Waals surface area contributed by atoms with Gasteiger partial charge in [0, 0.05) is 22.5 Å². The summed E-state index contributed by atoms with van der Waals surface area (Å²) in [5, 5.41) is 1.21. The number of nitrogens with zero attached hydrogens (tertiary/aromatic N) is 1. The molecule has 1 heterocycles. The number of hydrogen-bond donors (Lipinski definition) is 0. The molecule has 3 rings (SSSR count). The van der Waals surface area contributed by atoms with Crippen molar-refractivity contribution in [2.24, 2.45) is 0 Å². The number of benzene rings is 1. The summed E-state index contributed by atoms with van der Waals surface area (Å²) >= 11 is 18.3. The first-order valence-electron chi connectivity index (χ1n) is 6.83. The van der Waals surface area contributed by atoms with E-state index in [1.165, 1.54) is 0 Å². The molecule has 6 heteroatoms. The van der Waals surface area contributed by atoms with E-state index >= 15 is 0 Å². The minimum Gasteiger partial charge on any atom is -0.412 e. The summed E-state index contributed by atoms with van der Waals surface area (Å²) in [7, 11) is 0. The van der Waals surface area contributed by atoms with Crippen LogP contribution in [0.25, 0.3) is 0 Å². The number of alkyl halides is 1. The molecule has 0 bridgehead atoms. The van der Waals surface area contributed by atoms with E-state index in [1.807, 2.05) is 0 Å². The van der Waals surface area contributed by atoms with Crippen LogP contribution in [-0.2, 0) is 18.8 Å². The van der Waals surface area contributed by atoms with E-state index < -0.39 is 0 Å². The molecule has 1 saturated carbocycles. The lowest BCUT2D eigenvalue weighted by Crippen LogP contribution is -2.18. The molecule has 112 valence electrons. The van der Waals surface area contributed by atoms with Crippen LogP contribution in [0.1, 0.15) is 35.8 Å². The smallest absolute Gasteiger partial charge is 0.412 e. The molecule has 1 fully saturated rings. The Labute approximate surface area is 137 Å². The van der Waals surface area contributed by atoms with Crippen LogP contribution in [0.15, 0.2) is 27.4 Å². The third-order valence-corrected chi connectivity index (χ3v) is 4.71. The average molecular weight is 347 g/mol. The zero-order valence-electron chi connectivity index (χ0n) is 11.2. The highest BCUT2D eigenvalue weighted by atomic mass is 35.5. The summed E-state index contributed by atoms with van der Waals surface area (Å²) in [4.78, 5) is 12.0. The minimum absolute atomic E-state index is 0.272. The molecule has 0 saturated heterocycles. The van der Waals surface area contributed by atoms with Crippen molar-refractivity contribution in [2.75, 3.05) is 0 Å². The highest BCUT2D eigenvalue weighted by Gasteiger charge is 2.32. The lowest BCUT2D eigenvalue weighted by molar-refractivity contribution is 0.446. The van der Waals surface area contributed by atoms with Gasteiger partial charge in [0.1, 0.15) is 5.76 Å². The fraction of sp³-hybridized carbons (Fsp3) is 0.400. The van der Waals surface area contributed by atoms with Gasteiger partial charge in [-0.1, -0.05) is 29.3 Å². The van der Waals surface area contributed by atoms with Gasteiger partial charge < -0.3 is 4.42 Å². The molecule has 21 heavy (non-hydrogen) atoms. The molecular formula is C15H14Cl3NO2. The molecule has 2 aromatic rings. The van der Waals surface area contributed by atoms with Crippen LogP contribution in [0, 0.1) is 0 Å². The molecule has 3 nitrogen and oxygen atoms in total. The molecule has 0 radical (unpaired) electrons. The largest absolute Gasteiger partial charge is 0.419 e. The minimum atomic E-state index is -0.351. The monoisotopic (exact) mass is 345 g/mol. The van der Waals surface area contributed by atoms with E-state index in [-0.39, 0.29) is 11.6 Å². The molecule has 0 amide bonds. The van der Waals surface area contributed by atoms with E-state index in [1.54, 1.807) is 22.8 Å². The SMILES string of the molecule is O=c1oc(C2CC2)c(CCl)n1CCc1c(Cl)cccc1Cl. The van der Waals surface area contributed by atoms with Crippen molar-refractivity contribution < 1.29 is 4.42 Å². The molecule has 1 aliphatic carbocycles. The van der Waals surface area contributed by atoms with Gasteiger partial charge in [0.15, 0.2) is 0 Å². The summed E-state index contributed by atoms with van der Waals surface area (Å²) in [6, 6.07) is 5.38. The van der Waals surface area contributed by atoms with Gasteiger partial charge in [-0.25, -0.2) is 4.79 Å². The first-order valence-corrected chi connectivity index (χ1v) is 8.12. The summed E-state index contributed by atoms with van der Waals surface area (Å²) in [5.41, 5.74) is 1.62. The van der Waals surface area contributed by atoms with Crippen molar-refractivity contribution in [3.05, 3.63) is 55.8 Å². The first-order chi connectivity index (χ1) is 10.1. The second-order valence-corrected chi connectivity index (χ2v) is 6.27. The Morgan fingerprint density at radius 3 is 2.48 bits per heavy atom. The predicted molar refractivity (Wildman–Crippen MR) is 84.7 cm³/mol. The van der Waals surface area contributed by atoms with Crippen LogP contribution in [-0.4, -0.2) is 4.57 Å². The molecule has 0 aliphatic heterocycles. The van der Waals surface area contributed by atoms with Crippen LogP contribution in [0.5, 0.6) is 0 Å². The highest BCUT2D eigenvalue weighted by molar-refractivity contribution is 6.35. The van der Waals surface area contributed by atoms with Crippen molar-refractivity contribution in [3.8, 4) is 0 Å². The van der Waals surface area contributed by atoms with Gasteiger partial charge in [-0.3, -0.25) is 4.57 Å². The standard InChI is InChI=1S/C15H14Cl3NO2/c16-8-13-14(9-4-5-9)21-15(20)19(13)7-6-10-11(17)2-1-3-12(10)18/h1-3,9H,4-8H2. The van der Waals surface area contributed by atoms with E-state index in [0.717, 1.165) is 29.9 Å². The van der Waals surface area contributed by atoms with Gasteiger partial charge in [0.25, 0.3) is 0 Å². The van der Waals surface area contributed by atoms with Crippen LogP contribution in [0.4, 0.5) is 0 Å². The third-order valence-electron chi connectivity index (χ3n) is 3.75. The summed E-state index contributed by atoms with van der Waals surface area (Å²) < 4.78 is 6.96. The van der Waals surface area contributed by atoms with Crippen LogP contribution in [0.2, 0.25) is 10.0 Å². The number of rotatable bonds is 5. The molecule has 0 unspecified atom stereocenters. The number of aromatic nitrogens is 1. The number of hydrogen-bond acceptors (Lipinski definition) is 2. The van der Waals surface area contributed by atoms with Gasteiger partial charge in [0.05, 0.1) is 11.6 Å². The molecule has 0 spiro atoms. The predicted octanol–water partition coefficient (Wildman–Crippen LogP) is 4.61. The fourth-order valence-corrected chi connectivity index (χ4v) is 3.34. The van der Waals surface area contributed by atoms with Gasteiger partial charge in [-0.05, 0) is 37.0 Å². The van der Waals surface area contributed by atoms with Crippen LogP contribution >= 0.6 is 34.8 Å². The number of oxazole rings is 1. The zero-order chi connectivity index (χ0) is 15.0. The Morgan fingerprint density at radius 1 is 1.24 bits per heavy atom. The second kappa shape index (κ2) is 6.07. The third kappa shape index (κ3) is 3.01. The van der Waals surface area contributed by atoms with Crippen molar-refractivity contribution >= 4 is 34.8 Å². The fourth-order valence-electron chi connectivity index (χ4n) is 2.47. The Morgan fingerprint density at radius 2 is 1.90 bits per heavy atom. The second-order valence-electron chi connectivity index (χ2n) is 5.19. The summed E-state index contributed by atoms with van der Waals surface area (Å²) in [5.74, 6) is 1.03. The van der Waals surface area contributed by atoms with Crippen molar-refractivity contribution in [3.63, 3.8) is 0 Å². The average Bonchev–Trinajstić information content (AvgIpc) is 3.24. The van der Waals surface area contributed by atoms with Gasteiger partial charge in [-0.15, -0.1) is 11.6 Å². The molecule has 0 N–H and O–H groups in total. The zero-order valence-corrected chi connectivity index (χ0v) is 13.5. The Balaban J connectivity index is 1.87. The Kier molecular flexibility index (Phi) is 4.34. The maximum atomic E-state index is 12.0.